The smallest absolute Gasteiger partial charge is 0.257 e. The Kier molecular flexibility index (Phi) is 5.23. The fourth-order valence-corrected chi connectivity index (χ4v) is 3.39. The lowest BCUT2D eigenvalue weighted by atomic mass is 10.1. The third-order valence-corrected chi connectivity index (χ3v) is 4.89. The average molecular weight is 367 g/mol. The van der Waals surface area contributed by atoms with Gasteiger partial charge in [-0.2, -0.15) is 0 Å². The number of amides is 1. The van der Waals surface area contributed by atoms with Crippen molar-refractivity contribution in [1.29, 1.82) is 0 Å². The molecule has 0 radical (unpaired) electrons. The summed E-state index contributed by atoms with van der Waals surface area (Å²) in [5.74, 6) is 0.639. The number of aryl methyl sites for hydroxylation is 1. The molecule has 6 heteroatoms. The molecule has 0 aliphatic rings. The molecule has 0 unspecified atom stereocenters. The minimum Gasteiger partial charge on any atom is -0.497 e. The highest BCUT2D eigenvalue weighted by molar-refractivity contribution is 7.16. The van der Waals surface area contributed by atoms with Gasteiger partial charge in [0.15, 0.2) is 5.13 Å². The molecular weight excluding hydrogens is 346 g/mol. The van der Waals surface area contributed by atoms with Gasteiger partial charge in [0.05, 0.1) is 12.8 Å². The van der Waals surface area contributed by atoms with E-state index in [-0.39, 0.29) is 5.91 Å². The number of methoxy groups -OCH3 is 1. The third kappa shape index (κ3) is 3.86. The first-order valence-corrected chi connectivity index (χ1v) is 9.00. The molecule has 0 bridgehead atoms. The molecule has 0 saturated carbocycles. The number of carbonyl (C=O) groups excluding carboxylic acids is 1. The zero-order valence-corrected chi connectivity index (χ0v) is 16.1. The second-order valence-corrected chi connectivity index (χ2v) is 7.25. The Bertz CT molecular complexity index is 917. The summed E-state index contributed by atoms with van der Waals surface area (Å²) in [6.45, 7) is 2.00. The van der Waals surface area contributed by atoms with Crippen molar-refractivity contribution >= 4 is 28.1 Å². The quantitative estimate of drug-likeness (QED) is 0.724. The van der Waals surface area contributed by atoms with Crippen LogP contribution in [0.5, 0.6) is 5.75 Å². The highest BCUT2D eigenvalue weighted by atomic mass is 32.1. The average Bonchev–Trinajstić information content (AvgIpc) is 3.02. The van der Waals surface area contributed by atoms with Gasteiger partial charge in [-0.15, -0.1) is 11.3 Å². The Labute approximate surface area is 157 Å². The molecule has 3 aromatic rings. The molecule has 5 nitrogen and oxygen atoms in total. The Morgan fingerprint density at radius 1 is 1.15 bits per heavy atom. The lowest BCUT2D eigenvalue weighted by Gasteiger charge is -2.13. The van der Waals surface area contributed by atoms with Crippen molar-refractivity contribution < 1.29 is 9.53 Å². The van der Waals surface area contributed by atoms with Crippen LogP contribution >= 0.6 is 11.3 Å². The maximum Gasteiger partial charge on any atom is 0.257 e. The minimum atomic E-state index is -0.163. The van der Waals surface area contributed by atoms with Crippen molar-refractivity contribution in [1.82, 2.24) is 4.98 Å². The van der Waals surface area contributed by atoms with Gasteiger partial charge in [-0.05, 0) is 49.4 Å². The van der Waals surface area contributed by atoms with Crippen molar-refractivity contribution in [2.24, 2.45) is 0 Å². The fourth-order valence-electron chi connectivity index (χ4n) is 2.56. The van der Waals surface area contributed by atoms with Crippen LogP contribution in [0.3, 0.4) is 0 Å². The van der Waals surface area contributed by atoms with E-state index in [2.05, 4.69) is 10.3 Å². The molecule has 2 aromatic carbocycles. The van der Waals surface area contributed by atoms with Crippen LogP contribution in [0.4, 0.5) is 10.8 Å². The standard InChI is InChI=1S/C20H21N3O2S/c1-13-18(14-8-10-17(25-4)11-9-14)21-20(26-13)22-19(24)15-6-5-7-16(12-15)23(2)3/h5-12H,1-4H3,(H,21,22,24). The normalized spacial score (nSPS) is 10.5. The van der Waals surface area contributed by atoms with Crippen molar-refractivity contribution in [3.05, 3.63) is 59.0 Å². The van der Waals surface area contributed by atoms with Crippen LogP contribution in [0.25, 0.3) is 11.3 Å². The molecule has 0 aliphatic carbocycles. The number of thiazole rings is 1. The SMILES string of the molecule is COc1ccc(-c2nc(NC(=O)c3cccc(N(C)C)c3)sc2C)cc1. The Hall–Kier alpha value is -2.86. The zero-order chi connectivity index (χ0) is 18.7. The summed E-state index contributed by atoms with van der Waals surface area (Å²) in [6, 6.07) is 15.2. The summed E-state index contributed by atoms with van der Waals surface area (Å²) in [6.07, 6.45) is 0. The van der Waals surface area contributed by atoms with Crippen LogP contribution in [0.2, 0.25) is 0 Å². The summed E-state index contributed by atoms with van der Waals surface area (Å²) >= 11 is 1.47. The second kappa shape index (κ2) is 7.58. The van der Waals surface area contributed by atoms with Gasteiger partial charge in [-0.3, -0.25) is 10.1 Å². The van der Waals surface area contributed by atoms with Gasteiger partial charge in [0.2, 0.25) is 0 Å². The Morgan fingerprint density at radius 3 is 2.54 bits per heavy atom. The molecule has 1 N–H and O–H groups in total. The van der Waals surface area contributed by atoms with Crippen LogP contribution in [-0.2, 0) is 0 Å². The van der Waals surface area contributed by atoms with Crippen LogP contribution in [0, 0.1) is 6.92 Å². The number of aromatic nitrogens is 1. The minimum absolute atomic E-state index is 0.163. The van der Waals surface area contributed by atoms with E-state index < -0.39 is 0 Å². The zero-order valence-electron chi connectivity index (χ0n) is 15.2. The highest BCUT2D eigenvalue weighted by Gasteiger charge is 2.14. The van der Waals surface area contributed by atoms with E-state index in [0.717, 1.165) is 27.6 Å². The van der Waals surface area contributed by atoms with E-state index in [1.807, 2.05) is 68.4 Å². The number of benzene rings is 2. The molecule has 0 aliphatic heterocycles. The molecule has 1 aromatic heterocycles. The van der Waals surface area contributed by atoms with E-state index in [0.29, 0.717) is 10.7 Å². The van der Waals surface area contributed by atoms with E-state index in [1.165, 1.54) is 11.3 Å². The first kappa shape index (κ1) is 17.9. The molecule has 1 amide bonds. The second-order valence-electron chi connectivity index (χ2n) is 6.05. The van der Waals surface area contributed by atoms with E-state index >= 15 is 0 Å². The largest absolute Gasteiger partial charge is 0.497 e. The van der Waals surface area contributed by atoms with Crippen LogP contribution < -0.4 is 15.0 Å². The number of carbonyl (C=O) groups is 1. The van der Waals surface area contributed by atoms with Crippen molar-refractivity contribution in [2.45, 2.75) is 6.92 Å². The molecule has 3 rings (SSSR count). The molecule has 26 heavy (non-hydrogen) atoms. The number of nitrogens with zero attached hydrogens (tertiary/aromatic N) is 2. The van der Waals surface area contributed by atoms with Gasteiger partial charge in [0, 0.05) is 35.8 Å². The molecule has 0 spiro atoms. The topological polar surface area (TPSA) is 54.5 Å². The monoisotopic (exact) mass is 367 g/mol. The van der Waals surface area contributed by atoms with Crippen molar-refractivity contribution in [3.8, 4) is 17.0 Å². The Balaban J connectivity index is 1.80. The number of nitrogens with one attached hydrogen (secondary N) is 1. The third-order valence-electron chi connectivity index (χ3n) is 4.01. The summed E-state index contributed by atoms with van der Waals surface area (Å²) in [4.78, 5) is 20.2. The van der Waals surface area contributed by atoms with Gasteiger partial charge >= 0.3 is 0 Å². The molecule has 134 valence electrons. The van der Waals surface area contributed by atoms with Crippen LogP contribution in [0.15, 0.2) is 48.5 Å². The molecule has 1 heterocycles. The summed E-state index contributed by atoms with van der Waals surface area (Å²) in [5.41, 5.74) is 3.45. The first-order valence-electron chi connectivity index (χ1n) is 8.18. The Morgan fingerprint density at radius 2 is 1.88 bits per heavy atom. The lowest BCUT2D eigenvalue weighted by Crippen LogP contribution is -2.14. The fraction of sp³-hybridized carbons (Fsp3) is 0.200. The molecule has 0 atom stereocenters. The van der Waals surface area contributed by atoms with Gasteiger partial charge in [0.1, 0.15) is 5.75 Å². The maximum atomic E-state index is 12.5. The molecule has 0 fully saturated rings. The summed E-state index contributed by atoms with van der Waals surface area (Å²) < 4.78 is 5.19. The van der Waals surface area contributed by atoms with Crippen LogP contribution in [0.1, 0.15) is 15.2 Å². The number of ether oxygens (including phenoxy) is 1. The van der Waals surface area contributed by atoms with Crippen molar-refractivity contribution in [2.75, 3.05) is 31.4 Å². The van der Waals surface area contributed by atoms with E-state index in [9.17, 15) is 4.79 Å². The van der Waals surface area contributed by atoms with Gasteiger partial charge in [-0.1, -0.05) is 6.07 Å². The number of hydrogen-bond acceptors (Lipinski definition) is 5. The molecular formula is C20H21N3O2S. The number of hydrogen-bond donors (Lipinski definition) is 1. The predicted molar refractivity (Wildman–Crippen MR) is 108 cm³/mol. The van der Waals surface area contributed by atoms with Crippen molar-refractivity contribution in [3.63, 3.8) is 0 Å². The summed E-state index contributed by atoms with van der Waals surface area (Å²) in [7, 11) is 5.53. The van der Waals surface area contributed by atoms with Crippen LogP contribution in [-0.4, -0.2) is 32.1 Å². The van der Waals surface area contributed by atoms with Gasteiger partial charge < -0.3 is 9.64 Å². The predicted octanol–water partition coefficient (Wildman–Crippen LogP) is 4.45. The van der Waals surface area contributed by atoms with E-state index in [1.54, 1.807) is 13.2 Å². The lowest BCUT2D eigenvalue weighted by molar-refractivity contribution is 0.102. The number of rotatable bonds is 5. The highest BCUT2D eigenvalue weighted by Crippen LogP contribution is 2.31. The van der Waals surface area contributed by atoms with Gasteiger partial charge in [-0.25, -0.2) is 4.98 Å². The maximum absolute atomic E-state index is 12.5. The summed E-state index contributed by atoms with van der Waals surface area (Å²) in [5, 5.41) is 3.49. The first-order chi connectivity index (χ1) is 12.5. The van der Waals surface area contributed by atoms with E-state index in [4.69, 9.17) is 4.74 Å². The molecule has 0 saturated heterocycles. The number of anilines is 2. The van der Waals surface area contributed by atoms with Gasteiger partial charge in [0.25, 0.3) is 5.91 Å².